The number of carbonyl (C=O) groups is 1. The van der Waals surface area contributed by atoms with Crippen LogP contribution in [0.3, 0.4) is 0 Å². The maximum atomic E-state index is 12.2. The molecule has 0 radical (unpaired) electrons. The fraction of sp³-hybridized carbons (Fsp3) is 0.533. The first-order valence-electron chi connectivity index (χ1n) is 7.92. The van der Waals surface area contributed by atoms with Gasteiger partial charge in [0.25, 0.3) is 5.91 Å². The number of fused-ring (bicyclic) bond motifs is 1. The predicted molar refractivity (Wildman–Crippen MR) is 80.9 cm³/mol. The van der Waals surface area contributed by atoms with Crippen molar-refractivity contribution in [3.05, 3.63) is 29.3 Å². The van der Waals surface area contributed by atoms with Gasteiger partial charge in [0.2, 0.25) is 0 Å². The van der Waals surface area contributed by atoms with E-state index in [1.54, 1.807) is 6.07 Å². The van der Waals surface area contributed by atoms with Crippen molar-refractivity contribution in [2.45, 2.75) is 32.5 Å². The van der Waals surface area contributed by atoms with Crippen molar-refractivity contribution in [1.82, 2.24) is 19.8 Å². The molecule has 4 rings (SSSR count). The Morgan fingerprint density at radius 1 is 1.26 bits per heavy atom. The number of rotatable bonds is 4. The fourth-order valence-corrected chi connectivity index (χ4v) is 2.99. The highest BCUT2D eigenvalue weighted by molar-refractivity contribution is 6.02. The molecule has 122 valence electrons. The quantitative estimate of drug-likeness (QED) is 0.913. The van der Waals surface area contributed by atoms with Crippen molar-refractivity contribution in [2.75, 3.05) is 25.0 Å². The lowest BCUT2D eigenvalue weighted by Gasteiger charge is -2.12. The zero-order valence-corrected chi connectivity index (χ0v) is 12.8. The smallest absolute Gasteiger partial charge is 0.279 e. The summed E-state index contributed by atoms with van der Waals surface area (Å²) in [6.45, 7) is 4.72. The van der Waals surface area contributed by atoms with Crippen molar-refractivity contribution in [1.29, 1.82) is 0 Å². The highest BCUT2D eigenvalue weighted by atomic mass is 16.5. The lowest BCUT2D eigenvalue weighted by Crippen LogP contribution is -2.18. The maximum absolute atomic E-state index is 12.2. The Balaban J connectivity index is 1.40. The number of amides is 1. The lowest BCUT2D eigenvalue weighted by molar-refractivity contribution is 0.0801. The van der Waals surface area contributed by atoms with Gasteiger partial charge in [0.15, 0.2) is 17.3 Å². The van der Waals surface area contributed by atoms with Gasteiger partial charge >= 0.3 is 0 Å². The highest BCUT2D eigenvalue weighted by Gasteiger charge is 2.19. The highest BCUT2D eigenvalue weighted by Crippen LogP contribution is 2.16. The Bertz CT molecular complexity index is 678. The van der Waals surface area contributed by atoms with E-state index in [2.05, 4.69) is 20.5 Å². The van der Waals surface area contributed by atoms with Crippen LogP contribution in [-0.4, -0.2) is 45.4 Å². The summed E-state index contributed by atoms with van der Waals surface area (Å²) in [7, 11) is 0. The summed E-state index contributed by atoms with van der Waals surface area (Å²) in [4.78, 5) is 14.5. The largest absolute Gasteiger partial charge is 0.373 e. The van der Waals surface area contributed by atoms with Crippen LogP contribution in [0.25, 0.3) is 0 Å². The van der Waals surface area contributed by atoms with Gasteiger partial charge in [-0.25, -0.2) is 0 Å². The van der Waals surface area contributed by atoms with Crippen LogP contribution in [-0.2, 0) is 24.4 Å². The molecule has 1 amide bonds. The van der Waals surface area contributed by atoms with Crippen LogP contribution in [0.15, 0.2) is 16.7 Å². The van der Waals surface area contributed by atoms with Gasteiger partial charge in [-0.05, 0) is 25.9 Å². The molecule has 0 bridgehead atoms. The first kappa shape index (κ1) is 14.4. The molecule has 0 aromatic carbocycles. The third-order valence-corrected chi connectivity index (χ3v) is 4.17. The Hall–Kier alpha value is -2.19. The molecule has 0 unspecified atom stereocenters. The van der Waals surface area contributed by atoms with E-state index in [0.717, 1.165) is 24.5 Å². The van der Waals surface area contributed by atoms with Gasteiger partial charge in [-0.2, -0.15) is 5.10 Å². The molecule has 2 aromatic heterocycles. The van der Waals surface area contributed by atoms with Crippen molar-refractivity contribution in [2.24, 2.45) is 0 Å². The standard InChI is InChI=1S/C15H19N5O3/c21-15(16-14-7-11-10-22-6-5-20(11)17-14)13-8-12(23-18-13)9-19-3-1-2-4-19/h7-8H,1-6,9-10H2,(H,16,17,21). The molecular formula is C15H19N5O3. The number of carbonyl (C=O) groups excluding carboxylic acids is 1. The van der Waals surface area contributed by atoms with Crippen LogP contribution < -0.4 is 5.32 Å². The van der Waals surface area contributed by atoms with Crippen LogP contribution in [0.5, 0.6) is 0 Å². The summed E-state index contributed by atoms with van der Waals surface area (Å²) >= 11 is 0. The molecule has 0 aliphatic carbocycles. The lowest BCUT2D eigenvalue weighted by atomic mass is 10.3. The van der Waals surface area contributed by atoms with Crippen LogP contribution >= 0.6 is 0 Å². The molecule has 23 heavy (non-hydrogen) atoms. The van der Waals surface area contributed by atoms with Gasteiger partial charge in [0, 0.05) is 12.1 Å². The number of ether oxygens (including phenoxy) is 1. The SMILES string of the molecule is O=C(Nc1cc2n(n1)CCOC2)c1cc(CN2CCCC2)on1. The molecule has 4 heterocycles. The molecule has 0 spiro atoms. The van der Waals surface area contributed by atoms with E-state index in [1.807, 2.05) is 10.7 Å². The average molecular weight is 317 g/mol. The summed E-state index contributed by atoms with van der Waals surface area (Å²) in [6.07, 6.45) is 2.44. The third-order valence-electron chi connectivity index (χ3n) is 4.17. The minimum absolute atomic E-state index is 0.279. The third kappa shape index (κ3) is 3.13. The summed E-state index contributed by atoms with van der Waals surface area (Å²) in [6, 6.07) is 3.52. The molecule has 0 saturated carbocycles. The summed E-state index contributed by atoms with van der Waals surface area (Å²) in [5.74, 6) is 0.923. The number of nitrogens with zero attached hydrogens (tertiary/aromatic N) is 4. The molecule has 1 saturated heterocycles. The second-order valence-electron chi connectivity index (χ2n) is 5.91. The predicted octanol–water partition coefficient (Wildman–Crippen LogP) is 1.25. The average Bonchev–Trinajstić information content (AvgIpc) is 3.27. The van der Waals surface area contributed by atoms with Crippen LogP contribution in [0, 0.1) is 0 Å². The van der Waals surface area contributed by atoms with Crippen LogP contribution in [0.2, 0.25) is 0 Å². The fourth-order valence-electron chi connectivity index (χ4n) is 2.99. The molecule has 2 aliphatic rings. The monoisotopic (exact) mass is 317 g/mol. The Morgan fingerprint density at radius 2 is 2.13 bits per heavy atom. The molecule has 1 fully saturated rings. The summed E-state index contributed by atoms with van der Waals surface area (Å²) in [5, 5.41) is 11.0. The molecule has 0 atom stereocenters. The van der Waals surface area contributed by atoms with E-state index in [9.17, 15) is 4.79 Å². The number of hydrogen-bond donors (Lipinski definition) is 1. The first-order valence-corrected chi connectivity index (χ1v) is 7.92. The van der Waals surface area contributed by atoms with E-state index in [4.69, 9.17) is 9.26 Å². The second-order valence-corrected chi connectivity index (χ2v) is 5.91. The molecule has 8 heteroatoms. The van der Waals surface area contributed by atoms with E-state index in [0.29, 0.717) is 32.1 Å². The van der Waals surface area contributed by atoms with Gasteiger partial charge in [0.05, 0.1) is 32.0 Å². The number of anilines is 1. The molecule has 2 aromatic rings. The summed E-state index contributed by atoms with van der Waals surface area (Å²) < 4.78 is 12.5. The molecular weight excluding hydrogens is 298 g/mol. The number of aromatic nitrogens is 3. The van der Waals surface area contributed by atoms with E-state index < -0.39 is 0 Å². The van der Waals surface area contributed by atoms with Crippen molar-refractivity contribution < 1.29 is 14.1 Å². The van der Waals surface area contributed by atoms with Crippen molar-refractivity contribution in [3.8, 4) is 0 Å². The Labute approximate surface area is 133 Å². The van der Waals surface area contributed by atoms with Crippen LogP contribution in [0.4, 0.5) is 5.82 Å². The van der Waals surface area contributed by atoms with E-state index >= 15 is 0 Å². The zero-order chi connectivity index (χ0) is 15.6. The van der Waals surface area contributed by atoms with Gasteiger partial charge in [-0.3, -0.25) is 14.4 Å². The number of likely N-dealkylation sites (tertiary alicyclic amines) is 1. The topological polar surface area (TPSA) is 85.4 Å². The minimum Gasteiger partial charge on any atom is -0.373 e. The van der Waals surface area contributed by atoms with Gasteiger partial charge < -0.3 is 14.6 Å². The number of nitrogens with one attached hydrogen (secondary N) is 1. The summed E-state index contributed by atoms with van der Waals surface area (Å²) in [5.41, 5.74) is 1.24. The van der Waals surface area contributed by atoms with Gasteiger partial charge in [-0.1, -0.05) is 5.16 Å². The molecule has 8 nitrogen and oxygen atoms in total. The van der Waals surface area contributed by atoms with Gasteiger partial charge in [-0.15, -0.1) is 0 Å². The van der Waals surface area contributed by atoms with E-state index in [-0.39, 0.29) is 11.6 Å². The van der Waals surface area contributed by atoms with Gasteiger partial charge in [0.1, 0.15) is 0 Å². The molecule has 1 N–H and O–H groups in total. The Kier molecular flexibility index (Phi) is 3.84. The van der Waals surface area contributed by atoms with Crippen molar-refractivity contribution in [3.63, 3.8) is 0 Å². The maximum Gasteiger partial charge on any atom is 0.279 e. The molecule has 2 aliphatic heterocycles. The van der Waals surface area contributed by atoms with Crippen molar-refractivity contribution >= 4 is 11.7 Å². The minimum atomic E-state index is -0.308. The number of hydrogen-bond acceptors (Lipinski definition) is 6. The second kappa shape index (κ2) is 6.13. The normalized spacial score (nSPS) is 18.1. The first-order chi connectivity index (χ1) is 11.3. The van der Waals surface area contributed by atoms with E-state index in [1.165, 1.54) is 12.8 Å². The Morgan fingerprint density at radius 3 is 2.96 bits per heavy atom. The zero-order valence-electron chi connectivity index (χ0n) is 12.8. The van der Waals surface area contributed by atoms with Crippen LogP contribution in [0.1, 0.15) is 34.8 Å².